The second kappa shape index (κ2) is 7.41. The van der Waals surface area contributed by atoms with Gasteiger partial charge in [-0.25, -0.2) is 8.42 Å². The molecule has 1 aromatic rings. The molecular formula is C16H22NO6PS. The lowest BCUT2D eigenvalue weighted by Gasteiger charge is -2.27. The molecule has 0 saturated carbocycles. The molecule has 1 heterocycles. The van der Waals surface area contributed by atoms with E-state index in [1.54, 1.807) is 25.1 Å². The first-order valence-corrected chi connectivity index (χ1v) is 10.9. The fourth-order valence-corrected chi connectivity index (χ4v) is 5.22. The summed E-state index contributed by atoms with van der Waals surface area (Å²) in [7, 11) is -5.10. The van der Waals surface area contributed by atoms with Crippen molar-refractivity contribution in [1.29, 1.82) is 0 Å². The Morgan fingerprint density at radius 2 is 1.80 bits per heavy atom. The summed E-state index contributed by atoms with van der Waals surface area (Å²) in [5, 5.41) is 0. The van der Waals surface area contributed by atoms with Gasteiger partial charge in [0, 0.05) is 20.3 Å². The molecule has 0 spiro atoms. The lowest BCUT2D eigenvalue weighted by Crippen LogP contribution is -2.37. The highest BCUT2D eigenvalue weighted by Gasteiger charge is 2.39. The Kier molecular flexibility index (Phi) is 5.89. The molecule has 0 aliphatic carbocycles. The number of Topliss-reactive ketones (excluding diaryl/α,β-unsaturated/α-hetero) is 1. The third-order valence-corrected chi connectivity index (χ3v) is 7.78. The average Bonchev–Trinajstić information content (AvgIpc) is 2.97. The van der Waals surface area contributed by atoms with Gasteiger partial charge >= 0.3 is 7.60 Å². The van der Waals surface area contributed by atoms with E-state index in [-0.39, 0.29) is 10.6 Å². The van der Waals surface area contributed by atoms with Crippen molar-refractivity contribution in [3.8, 4) is 0 Å². The van der Waals surface area contributed by atoms with E-state index in [4.69, 9.17) is 9.05 Å². The number of hydrogen-bond acceptors (Lipinski definition) is 6. The number of nitrogens with zero attached hydrogens (tertiary/aromatic N) is 1. The van der Waals surface area contributed by atoms with Crippen LogP contribution >= 0.6 is 7.60 Å². The second-order valence-corrected chi connectivity index (χ2v) is 9.93. The maximum absolute atomic E-state index is 13.0. The van der Waals surface area contributed by atoms with Gasteiger partial charge in [-0.05, 0) is 32.4 Å². The van der Waals surface area contributed by atoms with Crippen molar-refractivity contribution in [2.75, 3.05) is 20.4 Å². The van der Waals surface area contributed by atoms with Gasteiger partial charge in [0.1, 0.15) is 6.16 Å². The van der Waals surface area contributed by atoms with Crippen LogP contribution in [-0.2, 0) is 28.4 Å². The van der Waals surface area contributed by atoms with Crippen LogP contribution in [0.25, 0.3) is 0 Å². The molecule has 1 aromatic carbocycles. The molecule has 0 amide bonds. The summed E-state index contributed by atoms with van der Waals surface area (Å²) in [6.45, 7) is 3.57. The lowest BCUT2D eigenvalue weighted by atomic mass is 10.2. The highest BCUT2D eigenvalue weighted by molar-refractivity contribution is 7.89. The number of hydrogen-bond donors (Lipinski definition) is 0. The molecular weight excluding hydrogens is 365 g/mol. The molecule has 1 aliphatic rings. The second-order valence-electron chi connectivity index (χ2n) is 5.85. The lowest BCUT2D eigenvalue weighted by molar-refractivity contribution is -0.114. The molecule has 0 N–H and O–H groups in total. The van der Waals surface area contributed by atoms with Gasteiger partial charge in [-0.2, -0.15) is 0 Å². The molecule has 1 atom stereocenters. The topological polar surface area (TPSA) is 90.0 Å². The van der Waals surface area contributed by atoms with Crippen molar-refractivity contribution in [1.82, 2.24) is 4.31 Å². The van der Waals surface area contributed by atoms with Crippen molar-refractivity contribution in [3.05, 3.63) is 41.6 Å². The predicted octanol–water partition coefficient (Wildman–Crippen LogP) is 2.72. The van der Waals surface area contributed by atoms with Gasteiger partial charge in [0.25, 0.3) is 10.0 Å². The van der Waals surface area contributed by atoms with Crippen LogP contribution in [0.4, 0.5) is 0 Å². The number of aryl methyl sites for hydroxylation is 1. The molecule has 0 saturated heterocycles. The molecule has 0 aromatic heterocycles. The zero-order valence-electron chi connectivity index (χ0n) is 14.6. The van der Waals surface area contributed by atoms with Crippen LogP contribution in [0, 0.1) is 6.92 Å². The van der Waals surface area contributed by atoms with E-state index in [0.717, 1.165) is 9.87 Å². The predicted molar refractivity (Wildman–Crippen MR) is 93.9 cm³/mol. The van der Waals surface area contributed by atoms with E-state index < -0.39 is 35.6 Å². The van der Waals surface area contributed by atoms with Crippen LogP contribution in [0.1, 0.15) is 18.9 Å². The first-order valence-electron chi connectivity index (χ1n) is 7.69. The van der Waals surface area contributed by atoms with Gasteiger partial charge < -0.3 is 9.05 Å². The largest absolute Gasteiger partial charge is 0.337 e. The minimum atomic E-state index is -3.89. The maximum Gasteiger partial charge on any atom is 0.337 e. The fourth-order valence-electron chi connectivity index (χ4n) is 2.59. The SMILES string of the molecule is COP(=O)(CC(=O)C1=CCC(C)N1S(=O)(=O)c1ccc(C)cc1)OC. The number of rotatable bonds is 7. The minimum Gasteiger partial charge on any atom is -0.312 e. The van der Waals surface area contributed by atoms with Crippen LogP contribution in [0.2, 0.25) is 0 Å². The first kappa shape index (κ1) is 19.8. The monoisotopic (exact) mass is 387 g/mol. The summed E-state index contributed by atoms with van der Waals surface area (Å²) >= 11 is 0. The number of sulfonamides is 1. The first-order chi connectivity index (χ1) is 11.6. The third kappa shape index (κ3) is 4.03. The van der Waals surface area contributed by atoms with Gasteiger partial charge in [0.2, 0.25) is 0 Å². The molecule has 1 aliphatic heterocycles. The van der Waals surface area contributed by atoms with Gasteiger partial charge in [-0.15, -0.1) is 0 Å². The summed E-state index contributed by atoms with van der Waals surface area (Å²) in [5.41, 5.74) is 0.934. The molecule has 9 heteroatoms. The molecule has 7 nitrogen and oxygen atoms in total. The number of carbonyl (C=O) groups is 1. The Balaban J connectivity index is 2.36. The molecule has 138 valence electrons. The summed E-state index contributed by atoms with van der Waals surface area (Å²) in [5.74, 6) is -0.591. The molecule has 1 unspecified atom stereocenters. The fraction of sp³-hybridized carbons (Fsp3) is 0.438. The Morgan fingerprint density at radius 3 is 2.32 bits per heavy atom. The van der Waals surface area contributed by atoms with Crippen molar-refractivity contribution >= 4 is 23.4 Å². The third-order valence-electron chi connectivity index (χ3n) is 4.05. The zero-order chi connectivity index (χ0) is 18.8. The highest BCUT2D eigenvalue weighted by atomic mass is 32.2. The van der Waals surface area contributed by atoms with Gasteiger partial charge in [-0.1, -0.05) is 23.8 Å². The van der Waals surface area contributed by atoms with Crippen molar-refractivity contribution in [2.24, 2.45) is 0 Å². The highest BCUT2D eigenvalue weighted by Crippen LogP contribution is 2.47. The van der Waals surface area contributed by atoms with Crippen LogP contribution in [0.3, 0.4) is 0 Å². The number of ketones is 1. The van der Waals surface area contributed by atoms with Crippen molar-refractivity contribution in [2.45, 2.75) is 31.2 Å². The molecule has 0 radical (unpaired) electrons. The van der Waals surface area contributed by atoms with E-state index in [0.29, 0.717) is 6.42 Å². The minimum absolute atomic E-state index is 0.00222. The van der Waals surface area contributed by atoms with Crippen molar-refractivity contribution in [3.63, 3.8) is 0 Å². The molecule has 2 rings (SSSR count). The van der Waals surface area contributed by atoms with Gasteiger partial charge in [0.05, 0.1) is 10.6 Å². The number of benzene rings is 1. The summed E-state index contributed by atoms with van der Waals surface area (Å²) in [4.78, 5) is 12.7. The smallest absolute Gasteiger partial charge is 0.312 e. The number of allylic oxidation sites excluding steroid dienone is 1. The normalized spacial score (nSPS) is 18.3. The van der Waals surface area contributed by atoms with Crippen LogP contribution in [-0.4, -0.2) is 44.9 Å². The van der Waals surface area contributed by atoms with E-state index in [1.165, 1.54) is 26.4 Å². The van der Waals surface area contributed by atoms with Gasteiger partial charge in [0.15, 0.2) is 5.78 Å². The number of carbonyl (C=O) groups excluding carboxylic acids is 1. The van der Waals surface area contributed by atoms with Gasteiger partial charge in [-0.3, -0.25) is 13.7 Å². The summed E-state index contributed by atoms with van der Waals surface area (Å²) in [6, 6.07) is 6.00. The molecule has 25 heavy (non-hydrogen) atoms. The Hall–Kier alpha value is -1.47. The van der Waals surface area contributed by atoms with E-state index in [2.05, 4.69) is 0 Å². The van der Waals surface area contributed by atoms with E-state index in [9.17, 15) is 17.8 Å². The molecule has 0 fully saturated rings. The standard InChI is InChI=1S/C16H22NO6PS/c1-12-5-8-14(9-6-12)25(20,21)17-13(2)7-10-15(17)16(18)11-24(19,22-3)23-4/h5-6,8-10,13H,7,11H2,1-4H3. The average molecular weight is 387 g/mol. The Morgan fingerprint density at radius 1 is 1.24 bits per heavy atom. The Bertz CT molecular complexity index is 823. The summed E-state index contributed by atoms with van der Waals surface area (Å²) in [6.07, 6.45) is 1.43. The Labute approximate surface area is 148 Å². The molecule has 0 bridgehead atoms. The van der Waals surface area contributed by atoms with Crippen LogP contribution in [0.5, 0.6) is 0 Å². The van der Waals surface area contributed by atoms with E-state index in [1.807, 2.05) is 6.92 Å². The zero-order valence-corrected chi connectivity index (χ0v) is 16.3. The van der Waals surface area contributed by atoms with Crippen molar-refractivity contribution < 1.29 is 26.8 Å². The maximum atomic E-state index is 13.0. The van der Waals surface area contributed by atoms with Crippen LogP contribution < -0.4 is 0 Å². The quantitative estimate of drug-likeness (QED) is 0.668. The van der Waals surface area contributed by atoms with E-state index >= 15 is 0 Å². The van der Waals surface area contributed by atoms with Crippen LogP contribution in [0.15, 0.2) is 40.9 Å². The summed E-state index contributed by atoms with van der Waals surface area (Å²) < 4.78 is 48.8.